The van der Waals surface area contributed by atoms with Gasteiger partial charge in [-0.15, -0.1) is 11.8 Å². The summed E-state index contributed by atoms with van der Waals surface area (Å²) >= 11 is 1.65. The van der Waals surface area contributed by atoms with Crippen molar-refractivity contribution in [1.82, 2.24) is 10.2 Å². The van der Waals surface area contributed by atoms with Crippen molar-refractivity contribution >= 4 is 23.6 Å². The maximum Gasteiger partial charge on any atom is 0.242 e. The molecule has 0 aliphatic rings. The Bertz CT molecular complexity index is 852. The van der Waals surface area contributed by atoms with E-state index in [1.165, 1.54) is 5.56 Å². The Hall–Kier alpha value is -2.47. The average Bonchev–Trinajstić information content (AvgIpc) is 2.76. The van der Waals surface area contributed by atoms with Crippen LogP contribution in [0.4, 0.5) is 0 Å². The fourth-order valence-electron chi connectivity index (χ4n) is 3.04. The maximum absolute atomic E-state index is 13.1. The maximum atomic E-state index is 13.1. The van der Waals surface area contributed by atoms with Crippen molar-refractivity contribution in [3.05, 3.63) is 59.7 Å². The number of nitrogens with zero attached hydrogens (tertiary/aromatic N) is 1. The molecule has 2 aromatic rings. The summed E-state index contributed by atoms with van der Waals surface area (Å²) in [4.78, 5) is 28.6. The number of thioether (sulfide) groups is 1. The molecule has 0 bridgehead atoms. The predicted octanol–water partition coefficient (Wildman–Crippen LogP) is 4.68. The van der Waals surface area contributed by atoms with Crippen LogP contribution in [0.5, 0.6) is 5.75 Å². The van der Waals surface area contributed by atoms with Gasteiger partial charge in [-0.25, -0.2) is 0 Å². The highest BCUT2D eigenvalue weighted by Crippen LogP contribution is 2.21. The van der Waals surface area contributed by atoms with Crippen LogP contribution in [0.25, 0.3) is 0 Å². The molecule has 0 aliphatic carbocycles. The summed E-state index contributed by atoms with van der Waals surface area (Å²) in [6.07, 6.45) is 0.365. The number of ether oxygens (including phenoxy) is 1. The number of hydrogen-bond acceptors (Lipinski definition) is 4. The molecule has 0 saturated heterocycles. The number of methoxy groups -OCH3 is 1. The molecule has 2 aromatic carbocycles. The number of hydrogen-bond donors (Lipinski definition) is 1. The van der Waals surface area contributed by atoms with E-state index >= 15 is 0 Å². The summed E-state index contributed by atoms with van der Waals surface area (Å²) in [5.74, 6) is 1.59. The quantitative estimate of drug-likeness (QED) is 0.514. The van der Waals surface area contributed by atoms with E-state index in [2.05, 4.69) is 36.5 Å². The molecule has 1 atom stereocenters. The van der Waals surface area contributed by atoms with E-state index < -0.39 is 6.04 Å². The topological polar surface area (TPSA) is 58.6 Å². The van der Waals surface area contributed by atoms with Crippen molar-refractivity contribution in [3.8, 4) is 5.75 Å². The highest BCUT2D eigenvalue weighted by atomic mass is 32.2. The second-order valence-electron chi connectivity index (χ2n) is 8.10. The number of carbonyl (C=O) groups is 2. The normalized spacial score (nSPS) is 11.8. The Morgan fingerprint density at radius 2 is 1.81 bits per heavy atom. The van der Waals surface area contributed by atoms with Gasteiger partial charge in [0.25, 0.3) is 0 Å². The Balaban J connectivity index is 2.07. The summed E-state index contributed by atoms with van der Waals surface area (Å²) in [5.41, 5.74) is 2.15. The summed E-state index contributed by atoms with van der Waals surface area (Å²) in [5, 5.41) is 2.95. The van der Waals surface area contributed by atoms with E-state index in [1.54, 1.807) is 30.7 Å². The smallest absolute Gasteiger partial charge is 0.242 e. The zero-order valence-electron chi connectivity index (χ0n) is 19.2. The molecule has 5 nitrogen and oxygen atoms in total. The van der Waals surface area contributed by atoms with E-state index in [0.29, 0.717) is 31.2 Å². The van der Waals surface area contributed by atoms with Crippen molar-refractivity contribution < 1.29 is 14.3 Å². The first-order valence-electron chi connectivity index (χ1n) is 10.7. The average molecular weight is 443 g/mol. The molecule has 0 unspecified atom stereocenters. The van der Waals surface area contributed by atoms with Crippen LogP contribution in [0.2, 0.25) is 0 Å². The molecule has 31 heavy (non-hydrogen) atoms. The number of carbonyl (C=O) groups excluding carboxylic acids is 2. The molecular formula is C25H34N2O3S. The van der Waals surface area contributed by atoms with Gasteiger partial charge < -0.3 is 15.0 Å². The molecule has 0 spiro atoms. The zero-order valence-corrected chi connectivity index (χ0v) is 20.0. The van der Waals surface area contributed by atoms with Crippen LogP contribution in [0.3, 0.4) is 0 Å². The number of aryl methyl sites for hydroxylation is 1. The van der Waals surface area contributed by atoms with Crippen molar-refractivity contribution in [1.29, 1.82) is 0 Å². The Morgan fingerprint density at radius 1 is 1.10 bits per heavy atom. The monoisotopic (exact) mass is 442 g/mol. The van der Waals surface area contributed by atoms with Crippen molar-refractivity contribution in [2.45, 2.75) is 51.6 Å². The lowest BCUT2D eigenvalue weighted by Gasteiger charge is -2.29. The van der Waals surface area contributed by atoms with Gasteiger partial charge in [-0.1, -0.05) is 43.7 Å². The minimum absolute atomic E-state index is 0.0328. The van der Waals surface area contributed by atoms with Crippen LogP contribution in [0, 0.1) is 12.8 Å². The molecule has 0 fully saturated rings. The third kappa shape index (κ3) is 8.29. The number of amides is 2. The van der Waals surface area contributed by atoms with Gasteiger partial charge in [0.15, 0.2) is 0 Å². The zero-order chi connectivity index (χ0) is 22.8. The van der Waals surface area contributed by atoms with Crippen molar-refractivity contribution in [3.63, 3.8) is 0 Å². The lowest BCUT2D eigenvalue weighted by Crippen LogP contribution is -2.48. The van der Waals surface area contributed by atoms with E-state index in [-0.39, 0.29) is 11.8 Å². The third-order valence-corrected chi connectivity index (χ3v) is 5.96. The molecule has 0 saturated carbocycles. The third-order valence-electron chi connectivity index (χ3n) is 4.94. The first-order chi connectivity index (χ1) is 14.8. The second-order valence-corrected chi connectivity index (χ2v) is 9.27. The molecule has 0 aliphatic heterocycles. The van der Waals surface area contributed by atoms with Gasteiger partial charge in [-0.2, -0.15) is 0 Å². The Kier molecular flexibility index (Phi) is 9.92. The van der Waals surface area contributed by atoms with Crippen LogP contribution >= 0.6 is 11.8 Å². The predicted molar refractivity (Wildman–Crippen MR) is 127 cm³/mol. The van der Waals surface area contributed by atoms with Crippen molar-refractivity contribution in [2.24, 2.45) is 5.92 Å². The van der Waals surface area contributed by atoms with E-state index in [1.807, 2.05) is 38.1 Å². The molecule has 6 heteroatoms. The summed E-state index contributed by atoms with van der Waals surface area (Å²) in [6, 6.07) is 15.3. The van der Waals surface area contributed by atoms with E-state index in [4.69, 9.17) is 4.74 Å². The molecule has 168 valence electrons. The van der Waals surface area contributed by atoms with Gasteiger partial charge in [0, 0.05) is 30.2 Å². The lowest BCUT2D eigenvalue weighted by atomic mass is 10.1. The fraction of sp³-hybridized carbons (Fsp3) is 0.440. The summed E-state index contributed by atoms with van der Waals surface area (Å²) < 4.78 is 5.31. The van der Waals surface area contributed by atoms with Crippen LogP contribution in [0.15, 0.2) is 53.4 Å². The van der Waals surface area contributed by atoms with Gasteiger partial charge >= 0.3 is 0 Å². The Morgan fingerprint density at radius 3 is 2.45 bits per heavy atom. The standard InChI is InChI=1S/C25H34N2O3S/c1-18(2)16-26-25(29)20(4)27(17-21-7-6-8-22(15-21)30-5)24(28)13-14-31-23-11-9-19(3)10-12-23/h6-12,15,18,20H,13-14,16-17H2,1-5H3,(H,26,29)/t20-/m1/s1. The van der Waals surface area contributed by atoms with Crippen LogP contribution in [0.1, 0.15) is 38.3 Å². The SMILES string of the molecule is COc1cccc(CN(C(=O)CCSc2ccc(C)cc2)[C@H](C)C(=O)NCC(C)C)c1. The van der Waals surface area contributed by atoms with Gasteiger partial charge in [-0.3, -0.25) is 9.59 Å². The summed E-state index contributed by atoms with van der Waals surface area (Å²) in [6.45, 7) is 8.90. The molecule has 0 heterocycles. The minimum Gasteiger partial charge on any atom is -0.497 e. The van der Waals surface area contributed by atoms with Gasteiger partial charge in [0.1, 0.15) is 11.8 Å². The van der Waals surface area contributed by atoms with Gasteiger partial charge in [0.2, 0.25) is 11.8 Å². The first kappa shape index (κ1) is 24.8. The van der Waals surface area contributed by atoms with Crippen LogP contribution in [-0.4, -0.2) is 42.2 Å². The summed E-state index contributed by atoms with van der Waals surface area (Å²) in [7, 11) is 1.62. The fourth-order valence-corrected chi connectivity index (χ4v) is 3.88. The molecule has 2 amide bonds. The van der Waals surface area contributed by atoms with Gasteiger partial charge in [0.05, 0.1) is 7.11 Å². The second kappa shape index (κ2) is 12.4. The first-order valence-corrected chi connectivity index (χ1v) is 11.7. The van der Waals surface area contributed by atoms with Crippen LogP contribution in [-0.2, 0) is 16.1 Å². The van der Waals surface area contributed by atoms with E-state index in [0.717, 1.165) is 16.2 Å². The van der Waals surface area contributed by atoms with Gasteiger partial charge in [-0.05, 0) is 49.6 Å². The highest BCUT2D eigenvalue weighted by Gasteiger charge is 2.26. The molecular weight excluding hydrogens is 408 g/mol. The number of rotatable bonds is 11. The number of benzene rings is 2. The molecule has 1 N–H and O–H groups in total. The van der Waals surface area contributed by atoms with Crippen molar-refractivity contribution in [2.75, 3.05) is 19.4 Å². The number of nitrogens with one attached hydrogen (secondary N) is 1. The minimum atomic E-state index is -0.554. The molecule has 0 aromatic heterocycles. The highest BCUT2D eigenvalue weighted by molar-refractivity contribution is 7.99. The Labute approximate surface area is 190 Å². The van der Waals surface area contributed by atoms with Crippen LogP contribution < -0.4 is 10.1 Å². The largest absolute Gasteiger partial charge is 0.497 e. The lowest BCUT2D eigenvalue weighted by molar-refractivity contribution is -0.140. The molecule has 0 radical (unpaired) electrons. The molecule has 2 rings (SSSR count). The van der Waals surface area contributed by atoms with E-state index in [9.17, 15) is 9.59 Å².